The maximum Gasteiger partial charge on any atom is 0.0239 e. The van der Waals surface area contributed by atoms with Crippen LogP contribution in [0, 0.1) is 5.92 Å². The Hall–Kier alpha value is -0.460. The lowest BCUT2D eigenvalue weighted by Crippen LogP contribution is -2.15. The van der Waals surface area contributed by atoms with Gasteiger partial charge in [0.05, 0.1) is 0 Å². The minimum Gasteiger partial charge on any atom is -0.374 e. The van der Waals surface area contributed by atoms with Gasteiger partial charge < -0.3 is 4.90 Å². The standard InChI is InChI=1S/C8H13N/c1-2-8-5-7-3-4-9(8)6-7/h5,7H,2-4,6H2,1H3. The van der Waals surface area contributed by atoms with Gasteiger partial charge in [0.25, 0.3) is 0 Å². The first-order valence-corrected chi connectivity index (χ1v) is 3.86. The Bertz CT molecular complexity index is 149. The van der Waals surface area contributed by atoms with Crippen molar-refractivity contribution in [3.8, 4) is 0 Å². The largest absolute Gasteiger partial charge is 0.374 e. The van der Waals surface area contributed by atoms with E-state index >= 15 is 0 Å². The van der Waals surface area contributed by atoms with E-state index in [1.807, 2.05) is 0 Å². The fourth-order valence-corrected chi connectivity index (χ4v) is 1.90. The summed E-state index contributed by atoms with van der Waals surface area (Å²) in [6, 6.07) is 0. The molecule has 0 spiro atoms. The molecule has 1 unspecified atom stereocenters. The van der Waals surface area contributed by atoms with Crippen LogP contribution >= 0.6 is 0 Å². The molecule has 1 atom stereocenters. The number of fused-ring (bicyclic) bond motifs is 2. The van der Waals surface area contributed by atoms with Gasteiger partial charge >= 0.3 is 0 Å². The second-order valence-corrected chi connectivity index (χ2v) is 3.01. The van der Waals surface area contributed by atoms with Crippen LogP contribution < -0.4 is 0 Å². The predicted octanol–water partition coefficient (Wildman–Crippen LogP) is 1.62. The first-order valence-electron chi connectivity index (χ1n) is 3.86. The van der Waals surface area contributed by atoms with E-state index in [1.165, 1.54) is 25.9 Å². The van der Waals surface area contributed by atoms with Gasteiger partial charge in [-0.25, -0.2) is 0 Å². The van der Waals surface area contributed by atoms with Crippen LogP contribution in [0.5, 0.6) is 0 Å². The zero-order valence-corrected chi connectivity index (χ0v) is 5.93. The molecule has 2 bridgehead atoms. The maximum absolute atomic E-state index is 2.52. The van der Waals surface area contributed by atoms with Crippen molar-refractivity contribution >= 4 is 0 Å². The fraction of sp³-hybridized carbons (Fsp3) is 0.750. The van der Waals surface area contributed by atoms with Crippen molar-refractivity contribution in [1.29, 1.82) is 0 Å². The summed E-state index contributed by atoms with van der Waals surface area (Å²) in [5.41, 5.74) is 1.59. The molecule has 0 aromatic carbocycles. The van der Waals surface area contributed by atoms with Gasteiger partial charge in [0.1, 0.15) is 0 Å². The number of allylic oxidation sites excluding steroid dienone is 1. The number of hydrogen-bond donors (Lipinski definition) is 0. The molecular formula is C8H13N. The highest BCUT2D eigenvalue weighted by Gasteiger charge is 2.27. The molecule has 0 aromatic heterocycles. The molecule has 1 fully saturated rings. The van der Waals surface area contributed by atoms with Crippen molar-refractivity contribution in [2.24, 2.45) is 5.92 Å². The number of rotatable bonds is 1. The van der Waals surface area contributed by atoms with Gasteiger partial charge in [0.2, 0.25) is 0 Å². The van der Waals surface area contributed by atoms with Gasteiger partial charge in [-0.3, -0.25) is 0 Å². The summed E-state index contributed by atoms with van der Waals surface area (Å²) in [5, 5.41) is 0. The molecule has 50 valence electrons. The first-order chi connectivity index (χ1) is 4.40. The molecule has 0 radical (unpaired) electrons. The van der Waals surface area contributed by atoms with E-state index in [9.17, 15) is 0 Å². The lowest BCUT2D eigenvalue weighted by molar-refractivity contribution is 0.426. The van der Waals surface area contributed by atoms with Crippen molar-refractivity contribution in [3.05, 3.63) is 11.8 Å². The van der Waals surface area contributed by atoms with Crippen molar-refractivity contribution in [3.63, 3.8) is 0 Å². The molecule has 0 saturated carbocycles. The van der Waals surface area contributed by atoms with Crippen LogP contribution in [0.2, 0.25) is 0 Å². The molecule has 1 heteroatoms. The Morgan fingerprint density at radius 3 is 3.00 bits per heavy atom. The Kier molecular flexibility index (Phi) is 1.04. The average Bonchev–Trinajstić information content (AvgIpc) is 2.45. The highest BCUT2D eigenvalue weighted by molar-refractivity contribution is 5.14. The molecule has 0 N–H and O–H groups in total. The predicted molar refractivity (Wildman–Crippen MR) is 38.1 cm³/mol. The van der Waals surface area contributed by atoms with Crippen LogP contribution in [0.1, 0.15) is 19.8 Å². The lowest BCUT2D eigenvalue weighted by Gasteiger charge is -2.17. The lowest BCUT2D eigenvalue weighted by atomic mass is 10.1. The quantitative estimate of drug-likeness (QED) is 0.512. The maximum atomic E-state index is 2.52. The Morgan fingerprint density at radius 1 is 1.78 bits per heavy atom. The molecule has 2 rings (SSSR count). The third-order valence-electron chi connectivity index (χ3n) is 2.42. The van der Waals surface area contributed by atoms with Crippen molar-refractivity contribution in [2.45, 2.75) is 19.8 Å². The minimum absolute atomic E-state index is 0.917. The van der Waals surface area contributed by atoms with Crippen LogP contribution in [-0.2, 0) is 0 Å². The van der Waals surface area contributed by atoms with E-state index < -0.39 is 0 Å². The van der Waals surface area contributed by atoms with E-state index in [2.05, 4.69) is 17.9 Å². The van der Waals surface area contributed by atoms with Crippen LogP contribution in [0.4, 0.5) is 0 Å². The zero-order chi connectivity index (χ0) is 6.27. The van der Waals surface area contributed by atoms with Gasteiger partial charge in [-0.1, -0.05) is 13.0 Å². The van der Waals surface area contributed by atoms with E-state index in [4.69, 9.17) is 0 Å². The third kappa shape index (κ3) is 0.673. The van der Waals surface area contributed by atoms with Gasteiger partial charge in [0, 0.05) is 18.8 Å². The molecule has 0 amide bonds. The number of nitrogens with zero attached hydrogens (tertiary/aromatic N) is 1. The Morgan fingerprint density at radius 2 is 2.67 bits per heavy atom. The fourth-order valence-electron chi connectivity index (χ4n) is 1.90. The molecule has 2 heterocycles. The highest BCUT2D eigenvalue weighted by atomic mass is 15.2. The van der Waals surface area contributed by atoms with Crippen molar-refractivity contribution in [1.82, 2.24) is 4.90 Å². The van der Waals surface area contributed by atoms with Crippen molar-refractivity contribution in [2.75, 3.05) is 13.1 Å². The Balaban J connectivity index is 2.18. The van der Waals surface area contributed by atoms with E-state index in [-0.39, 0.29) is 0 Å². The van der Waals surface area contributed by atoms with E-state index in [0.29, 0.717) is 0 Å². The monoisotopic (exact) mass is 123 g/mol. The summed E-state index contributed by atoms with van der Waals surface area (Å²) < 4.78 is 0. The smallest absolute Gasteiger partial charge is 0.0239 e. The molecule has 0 aliphatic carbocycles. The second-order valence-electron chi connectivity index (χ2n) is 3.01. The van der Waals surface area contributed by atoms with E-state index in [1.54, 1.807) is 5.70 Å². The minimum atomic E-state index is 0.917. The summed E-state index contributed by atoms with van der Waals surface area (Å²) >= 11 is 0. The molecule has 9 heavy (non-hydrogen) atoms. The van der Waals surface area contributed by atoms with Crippen LogP contribution in [0.3, 0.4) is 0 Å². The topological polar surface area (TPSA) is 3.24 Å². The van der Waals surface area contributed by atoms with Gasteiger partial charge in [-0.05, 0) is 18.8 Å². The van der Waals surface area contributed by atoms with Crippen LogP contribution in [0.15, 0.2) is 11.8 Å². The molecular weight excluding hydrogens is 110 g/mol. The Labute approximate surface area is 56.4 Å². The summed E-state index contributed by atoms with van der Waals surface area (Å²) in [4.78, 5) is 2.52. The average molecular weight is 123 g/mol. The van der Waals surface area contributed by atoms with E-state index in [0.717, 1.165) is 5.92 Å². The van der Waals surface area contributed by atoms with Crippen LogP contribution in [-0.4, -0.2) is 18.0 Å². The van der Waals surface area contributed by atoms with Gasteiger partial charge in [-0.15, -0.1) is 0 Å². The molecule has 2 aliphatic heterocycles. The zero-order valence-electron chi connectivity index (χ0n) is 5.93. The van der Waals surface area contributed by atoms with Gasteiger partial charge in [0.15, 0.2) is 0 Å². The first kappa shape index (κ1) is 5.33. The summed E-state index contributed by atoms with van der Waals surface area (Å²) in [6.07, 6.45) is 5.09. The summed E-state index contributed by atoms with van der Waals surface area (Å²) in [6.45, 7) is 4.89. The molecule has 1 nitrogen and oxygen atoms in total. The summed E-state index contributed by atoms with van der Waals surface area (Å²) in [7, 11) is 0. The third-order valence-corrected chi connectivity index (χ3v) is 2.42. The SMILES string of the molecule is CCC1=CC2CCN1C2. The molecule has 1 saturated heterocycles. The summed E-state index contributed by atoms with van der Waals surface area (Å²) in [5.74, 6) is 0.917. The molecule has 2 aliphatic rings. The van der Waals surface area contributed by atoms with Crippen molar-refractivity contribution < 1.29 is 0 Å². The molecule has 0 aromatic rings. The van der Waals surface area contributed by atoms with Crippen LogP contribution in [0.25, 0.3) is 0 Å². The highest BCUT2D eigenvalue weighted by Crippen LogP contribution is 2.31. The second kappa shape index (κ2) is 1.76. The number of hydrogen-bond acceptors (Lipinski definition) is 1. The van der Waals surface area contributed by atoms with Gasteiger partial charge in [-0.2, -0.15) is 0 Å². The normalized spacial score (nSPS) is 31.4.